The summed E-state index contributed by atoms with van der Waals surface area (Å²) in [5.41, 5.74) is 1.27. The largest absolute Gasteiger partial charge is 0.369 e. The highest BCUT2D eigenvalue weighted by atomic mass is 32.2. The highest BCUT2D eigenvalue weighted by Crippen LogP contribution is 2.20. The van der Waals surface area contributed by atoms with Gasteiger partial charge in [-0.2, -0.15) is 0 Å². The molecule has 28 heavy (non-hydrogen) atoms. The van der Waals surface area contributed by atoms with Gasteiger partial charge in [0.15, 0.2) is 5.96 Å². The van der Waals surface area contributed by atoms with Crippen LogP contribution in [0.1, 0.15) is 25.7 Å². The van der Waals surface area contributed by atoms with Crippen molar-refractivity contribution in [2.24, 2.45) is 10.9 Å². The van der Waals surface area contributed by atoms with Crippen molar-refractivity contribution >= 4 is 21.7 Å². The molecule has 2 aliphatic rings. The van der Waals surface area contributed by atoms with E-state index in [1.807, 2.05) is 0 Å². The number of rotatable bonds is 5. The zero-order valence-electron chi connectivity index (χ0n) is 17.0. The van der Waals surface area contributed by atoms with Gasteiger partial charge in [-0.05, 0) is 43.7 Å². The van der Waals surface area contributed by atoms with Gasteiger partial charge in [0.2, 0.25) is 10.0 Å². The molecule has 2 heterocycles. The van der Waals surface area contributed by atoms with Gasteiger partial charge in [0, 0.05) is 51.5 Å². The van der Waals surface area contributed by atoms with E-state index < -0.39 is 10.0 Å². The number of benzene rings is 1. The van der Waals surface area contributed by atoms with E-state index in [4.69, 9.17) is 0 Å². The lowest BCUT2D eigenvalue weighted by molar-refractivity contribution is 0.274. The number of nitrogens with one attached hydrogen (secondary N) is 2. The summed E-state index contributed by atoms with van der Waals surface area (Å²) in [7, 11) is -1.26. The molecule has 2 N–H and O–H groups in total. The molecule has 0 amide bonds. The molecule has 3 rings (SSSR count). The van der Waals surface area contributed by atoms with Gasteiger partial charge >= 0.3 is 0 Å². The first kappa shape index (κ1) is 20.9. The molecule has 8 heteroatoms. The molecule has 2 aliphatic heterocycles. The molecule has 1 aromatic rings. The first-order valence-electron chi connectivity index (χ1n) is 10.2. The van der Waals surface area contributed by atoms with Crippen LogP contribution in [0.25, 0.3) is 0 Å². The third-order valence-electron chi connectivity index (χ3n) is 5.71. The van der Waals surface area contributed by atoms with Crippen LogP contribution < -0.4 is 15.5 Å². The van der Waals surface area contributed by atoms with Crippen LogP contribution in [0.2, 0.25) is 0 Å². The summed E-state index contributed by atoms with van der Waals surface area (Å²) in [6.45, 7) is 4.12. The fraction of sp³-hybridized carbons (Fsp3) is 0.650. The highest BCUT2D eigenvalue weighted by Gasteiger charge is 2.25. The topological polar surface area (TPSA) is 77.0 Å². The Morgan fingerprint density at radius 1 is 1.14 bits per heavy atom. The van der Waals surface area contributed by atoms with Gasteiger partial charge in [0.1, 0.15) is 0 Å². The SMILES string of the molecule is CN=C(NCC1CCN(S(C)(=O)=O)CC1)NC1CCCN(c2ccccc2)C1. The molecule has 0 aromatic heterocycles. The zero-order chi connectivity index (χ0) is 20.0. The van der Waals surface area contributed by atoms with Crippen LogP contribution in [0.3, 0.4) is 0 Å². The third kappa shape index (κ3) is 5.85. The van der Waals surface area contributed by atoms with E-state index in [0.717, 1.165) is 51.3 Å². The Balaban J connectivity index is 1.45. The fourth-order valence-electron chi connectivity index (χ4n) is 4.04. The van der Waals surface area contributed by atoms with Crippen LogP contribution in [0, 0.1) is 5.92 Å². The molecule has 156 valence electrons. The van der Waals surface area contributed by atoms with Crippen molar-refractivity contribution in [1.82, 2.24) is 14.9 Å². The van der Waals surface area contributed by atoms with Gasteiger partial charge in [-0.15, -0.1) is 0 Å². The number of hydrogen-bond donors (Lipinski definition) is 2. The maximum Gasteiger partial charge on any atom is 0.211 e. The quantitative estimate of drug-likeness (QED) is 0.571. The van der Waals surface area contributed by atoms with Gasteiger partial charge in [0.05, 0.1) is 6.26 Å². The van der Waals surface area contributed by atoms with Gasteiger partial charge in [0.25, 0.3) is 0 Å². The minimum Gasteiger partial charge on any atom is -0.369 e. The number of aliphatic imine (C=N–C) groups is 1. The summed E-state index contributed by atoms with van der Waals surface area (Å²) in [6, 6.07) is 10.9. The second kappa shape index (κ2) is 9.60. The van der Waals surface area contributed by atoms with Gasteiger partial charge in [-0.3, -0.25) is 4.99 Å². The summed E-state index contributed by atoms with van der Waals surface area (Å²) in [4.78, 5) is 6.81. The lowest BCUT2D eigenvalue weighted by Gasteiger charge is -2.36. The normalized spacial score (nSPS) is 22.9. The zero-order valence-corrected chi connectivity index (χ0v) is 17.8. The minimum atomic E-state index is -3.06. The summed E-state index contributed by atoms with van der Waals surface area (Å²) >= 11 is 0. The van der Waals surface area contributed by atoms with Crippen molar-refractivity contribution in [3.63, 3.8) is 0 Å². The molecule has 1 aromatic carbocycles. The van der Waals surface area contributed by atoms with Gasteiger partial charge in [-0.1, -0.05) is 18.2 Å². The first-order chi connectivity index (χ1) is 13.5. The Hall–Kier alpha value is -1.80. The summed E-state index contributed by atoms with van der Waals surface area (Å²) in [5.74, 6) is 1.31. The molecule has 1 atom stereocenters. The molecule has 0 radical (unpaired) electrons. The molecule has 0 aliphatic carbocycles. The molecule has 2 saturated heterocycles. The van der Waals surface area contributed by atoms with Crippen LogP contribution in [-0.4, -0.2) is 70.8 Å². The van der Waals surface area contributed by atoms with Crippen molar-refractivity contribution in [3.8, 4) is 0 Å². The standard InChI is InChI=1S/C20H33N5O2S/c1-21-20(22-15-17-10-13-25(14-11-17)28(2,26)27)23-18-7-6-12-24(16-18)19-8-4-3-5-9-19/h3-5,8-9,17-18H,6-7,10-16H2,1-2H3,(H2,21,22,23). The van der Waals surface area contributed by atoms with E-state index >= 15 is 0 Å². The Morgan fingerprint density at radius 2 is 1.86 bits per heavy atom. The maximum absolute atomic E-state index is 11.6. The van der Waals surface area contributed by atoms with E-state index in [1.54, 1.807) is 11.4 Å². The van der Waals surface area contributed by atoms with Crippen LogP contribution in [0.4, 0.5) is 5.69 Å². The third-order valence-corrected chi connectivity index (χ3v) is 7.01. The van der Waals surface area contributed by atoms with Gasteiger partial charge < -0.3 is 15.5 Å². The molecule has 0 spiro atoms. The number of sulfonamides is 1. The second-order valence-electron chi connectivity index (χ2n) is 7.82. The van der Waals surface area contributed by atoms with Crippen molar-refractivity contribution in [2.75, 3.05) is 50.9 Å². The van der Waals surface area contributed by atoms with E-state index in [2.05, 4.69) is 50.9 Å². The monoisotopic (exact) mass is 407 g/mol. The van der Waals surface area contributed by atoms with E-state index in [0.29, 0.717) is 25.0 Å². The van der Waals surface area contributed by atoms with Crippen LogP contribution in [0.15, 0.2) is 35.3 Å². The lowest BCUT2D eigenvalue weighted by Crippen LogP contribution is -2.52. The maximum atomic E-state index is 11.6. The smallest absolute Gasteiger partial charge is 0.211 e. The Labute approximate surface area is 169 Å². The minimum absolute atomic E-state index is 0.368. The molecule has 7 nitrogen and oxygen atoms in total. The molecule has 0 saturated carbocycles. The number of guanidine groups is 1. The molecule has 0 bridgehead atoms. The average Bonchev–Trinajstić information content (AvgIpc) is 2.71. The Morgan fingerprint density at radius 3 is 2.50 bits per heavy atom. The van der Waals surface area contributed by atoms with Crippen molar-refractivity contribution < 1.29 is 8.42 Å². The van der Waals surface area contributed by atoms with Crippen molar-refractivity contribution in [1.29, 1.82) is 0 Å². The van der Waals surface area contributed by atoms with Crippen LogP contribution in [0.5, 0.6) is 0 Å². The molecular formula is C20H33N5O2S. The molecule has 2 fully saturated rings. The lowest BCUT2D eigenvalue weighted by atomic mass is 9.98. The predicted molar refractivity (Wildman–Crippen MR) is 115 cm³/mol. The van der Waals surface area contributed by atoms with Crippen molar-refractivity contribution in [3.05, 3.63) is 30.3 Å². The highest BCUT2D eigenvalue weighted by molar-refractivity contribution is 7.88. The predicted octanol–water partition coefficient (Wildman–Crippen LogP) is 1.49. The summed E-state index contributed by atoms with van der Waals surface area (Å²) in [5, 5.41) is 7.02. The van der Waals surface area contributed by atoms with E-state index in [1.165, 1.54) is 11.9 Å². The van der Waals surface area contributed by atoms with Crippen molar-refractivity contribution in [2.45, 2.75) is 31.7 Å². The second-order valence-corrected chi connectivity index (χ2v) is 9.81. The van der Waals surface area contributed by atoms with Crippen LogP contribution >= 0.6 is 0 Å². The average molecular weight is 408 g/mol. The Kier molecular flexibility index (Phi) is 7.18. The number of piperidine rings is 2. The molecular weight excluding hydrogens is 374 g/mol. The summed E-state index contributed by atoms with van der Waals surface area (Å²) < 4.78 is 24.8. The van der Waals surface area contributed by atoms with E-state index in [-0.39, 0.29) is 0 Å². The van der Waals surface area contributed by atoms with E-state index in [9.17, 15) is 8.42 Å². The Bertz CT molecular complexity index is 745. The number of nitrogens with zero attached hydrogens (tertiary/aromatic N) is 3. The number of hydrogen-bond acceptors (Lipinski definition) is 4. The van der Waals surface area contributed by atoms with Crippen LogP contribution in [-0.2, 0) is 10.0 Å². The number of para-hydroxylation sites is 1. The van der Waals surface area contributed by atoms with Gasteiger partial charge in [-0.25, -0.2) is 12.7 Å². The number of anilines is 1. The molecule has 1 unspecified atom stereocenters. The summed E-state index contributed by atoms with van der Waals surface area (Å²) in [6.07, 6.45) is 5.37. The fourth-order valence-corrected chi connectivity index (χ4v) is 4.92. The first-order valence-corrected chi connectivity index (χ1v) is 12.0.